The number of benzene rings is 1. The van der Waals surface area contributed by atoms with Crippen molar-refractivity contribution in [1.82, 2.24) is 0 Å². The number of halogens is 3. The summed E-state index contributed by atoms with van der Waals surface area (Å²) in [7, 11) is 0. The quantitative estimate of drug-likeness (QED) is 0.534. The molecule has 1 radical (unpaired) electrons. The molecule has 0 heterocycles. The monoisotopic (exact) mass is 177 g/mol. The Bertz CT molecular complexity index is 231. The third-order valence-corrected chi connectivity index (χ3v) is 1.90. The third kappa shape index (κ3) is 1.25. The van der Waals surface area contributed by atoms with E-state index in [4.69, 9.17) is 23.2 Å². The van der Waals surface area contributed by atoms with Crippen LogP contribution in [0.25, 0.3) is 0 Å². The zero-order chi connectivity index (χ0) is 7.72. The average molecular weight is 178 g/mol. The van der Waals surface area contributed by atoms with Gasteiger partial charge in [-0.1, -0.05) is 23.2 Å². The molecule has 1 rings (SSSR count). The molecule has 0 atom stereocenters. The molecule has 0 saturated carbocycles. The molecule has 0 saturated heterocycles. The van der Waals surface area contributed by atoms with Gasteiger partial charge in [-0.15, -0.1) is 0 Å². The summed E-state index contributed by atoms with van der Waals surface area (Å²) in [6.07, 6.45) is 0. The van der Waals surface area contributed by atoms with Crippen molar-refractivity contribution in [3.8, 4) is 0 Å². The maximum Gasteiger partial charge on any atom is 0.142 e. The van der Waals surface area contributed by atoms with E-state index in [1.807, 2.05) is 0 Å². The molecule has 0 aliphatic rings. The van der Waals surface area contributed by atoms with Gasteiger partial charge in [-0.05, 0) is 24.6 Å². The minimum absolute atomic E-state index is 0.00694. The second-order valence-corrected chi connectivity index (χ2v) is 2.61. The second-order valence-electron chi connectivity index (χ2n) is 1.82. The molecule has 0 amide bonds. The van der Waals surface area contributed by atoms with Crippen molar-refractivity contribution in [2.45, 2.75) is 0 Å². The molecule has 0 fully saturated rings. The minimum Gasteiger partial charge on any atom is -0.205 e. The molecule has 3 heteroatoms. The lowest BCUT2D eigenvalue weighted by Crippen LogP contribution is -1.81. The van der Waals surface area contributed by atoms with Gasteiger partial charge in [0.05, 0.1) is 5.02 Å². The molecule has 0 spiro atoms. The van der Waals surface area contributed by atoms with Crippen LogP contribution in [0.4, 0.5) is 4.39 Å². The molecule has 53 valence electrons. The Kier molecular flexibility index (Phi) is 2.17. The first kappa shape index (κ1) is 7.83. The highest BCUT2D eigenvalue weighted by Gasteiger charge is 2.04. The highest BCUT2D eigenvalue weighted by atomic mass is 35.5. The third-order valence-electron chi connectivity index (χ3n) is 1.14. The van der Waals surface area contributed by atoms with Gasteiger partial charge < -0.3 is 0 Å². The highest BCUT2D eigenvalue weighted by molar-refractivity contribution is 6.36. The predicted molar refractivity (Wildman–Crippen MR) is 40.9 cm³/mol. The van der Waals surface area contributed by atoms with Crippen LogP contribution in [0.5, 0.6) is 0 Å². The molecule has 0 bridgehead atoms. The molecule has 1 aromatic rings. The van der Waals surface area contributed by atoms with Crippen LogP contribution in [0.15, 0.2) is 12.1 Å². The van der Waals surface area contributed by atoms with Crippen LogP contribution in [0.1, 0.15) is 5.56 Å². The fraction of sp³-hybridized carbons (Fsp3) is 0. The van der Waals surface area contributed by atoms with Gasteiger partial charge in [-0.2, -0.15) is 0 Å². The molecule has 0 nitrogen and oxygen atoms in total. The Labute approximate surface area is 68.6 Å². The Morgan fingerprint density at radius 3 is 2.40 bits per heavy atom. The van der Waals surface area contributed by atoms with Crippen molar-refractivity contribution in [1.29, 1.82) is 0 Å². The normalized spacial score (nSPS) is 10.0. The first-order chi connectivity index (χ1) is 4.63. The van der Waals surface area contributed by atoms with Gasteiger partial charge in [-0.3, -0.25) is 0 Å². The van der Waals surface area contributed by atoms with E-state index in [9.17, 15) is 4.39 Å². The van der Waals surface area contributed by atoms with Crippen LogP contribution in [-0.4, -0.2) is 0 Å². The van der Waals surface area contributed by atoms with Crippen molar-refractivity contribution >= 4 is 23.2 Å². The van der Waals surface area contributed by atoms with Crippen LogP contribution in [0, 0.1) is 12.7 Å². The lowest BCUT2D eigenvalue weighted by Gasteiger charge is -1.99. The maximum atomic E-state index is 12.5. The van der Waals surface area contributed by atoms with Crippen LogP contribution in [0.3, 0.4) is 0 Å². The summed E-state index contributed by atoms with van der Waals surface area (Å²) < 4.78 is 12.5. The molecule has 0 N–H and O–H groups in total. The summed E-state index contributed by atoms with van der Waals surface area (Å²) in [6, 6.07) is 2.63. The van der Waals surface area contributed by atoms with Crippen LogP contribution >= 0.6 is 23.2 Å². The first-order valence-electron chi connectivity index (χ1n) is 2.58. The van der Waals surface area contributed by atoms with Crippen molar-refractivity contribution in [2.24, 2.45) is 0 Å². The number of rotatable bonds is 0. The maximum absolute atomic E-state index is 12.5. The van der Waals surface area contributed by atoms with Gasteiger partial charge in [0.25, 0.3) is 0 Å². The minimum atomic E-state index is -0.490. The topological polar surface area (TPSA) is 0 Å². The summed E-state index contributed by atoms with van der Waals surface area (Å²) in [5.74, 6) is -0.490. The van der Waals surface area contributed by atoms with Crippen molar-refractivity contribution in [2.75, 3.05) is 0 Å². The molecule has 0 aliphatic carbocycles. The number of hydrogen-bond donors (Lipinski definition) is 0. The van der Waals surface area contributed by atoms with E-state index in [2.05, 4.69) is 6.92 Å². The lowest BCUT2D eigenvalue weighted by molar-refractivity contribution is 0.627. The Morgan fingerprint density at radius 1 is 1.30 bits per heavy atom. The largest absolute Gasteiger partial charge is 0.205 e. The molecule has 10 heavy (non-hydrogen) atoms. The summed E-state index contributed by atoms with van der Waals surface area (Å²) in [5, 5.41) is 0.374. The Balaban J connectivity index is 3.34. The van der Waals surface area contributed by atoms with E-state index in [0.717, 1.165) is 0 Å². The lowest BCUT2D eigenvalue weighted by atomic mass is 10.2. The van der Waals surface area contributed by atoms with Crippen LogP contribution < -0.4 is 0 Å². The molecule has 0 aromatic heterocycles. The number of hydrogen-bond acceptors (Lipinski definition) is 0. The highest BCUT2D eigenvalue weighted by Crippen LogP contribution is 2.25. The van der Waals surface area contributed by atoms with E-state index >= 15 is 0 Å². The van der Waals surface area contributed by atoms with Gasteiger partial charge in [0, 0.05) is 5.02 Å². The Morgan fingerprint density at radius 2 is 1.90 bits per heavy atom. The standard InChI is InChI=1S/C7H4Cl2F/c1-4-5(8)2-3-6(10)7(4)9/h2-3H,1H2. The summed E-state index contributed by atoms with van der Waals surface area (Å²) in [6.45, 7) is 3.48. The van der Waals surface area contributed by atoms with E-state index in [1.165, 1.54) is 12.1 Å². The zero-order valence-electron chi connectivity index (χ0n) is 5.00. The van der Waals surface area contributed by atoms with Gasteiger partial charge in [0.2, 0.25) is 0 Å². The average Bonchev–Trinajstić information content (AvgIpc) is 1.93. The van der Waals surface area contributed by atoms with Gasteiger partial charge >= 0.3 is 0 Å². The molecular formula is C7H4Cl2F. The Hall–Kier alpha value is -0.270. The summed E-state index contributed by atoms with van der Waals surface area (Å²) >= 11 is 11.0. The molecule has 0 aliphatic heterocycles. The first-order valence-corrected chi connectivity index (χ1v) is 3.34. The molecule has 0 unspecified atom stereocenters. The van der Waals surface area contributed by atoms with Gasteiger partial charge in [0.15, 0.2) is 0 Å². The van der Waals surface area contributed by atoms with Gasteiger partial charge in [0.1, 0.15) is 5.82 Å². The van der Waals surface area contributed by atoms with Gasteiger partial charge in [-0.25, -0.2) is 4.39 Å². The van der Waals surface area contributed by atoms with E-state index in [1.54, 1.807) is 0 Å². The zero-order valence-corrected chi connectivity index (χ0v) is 6.51. The van der Waals surface area contributed by atoms with Crippen LogP contribution in [0.2, 0.25) is 10.0 Å². The molecular weight excluding hydrogens is 174 g/mol. The fourth-order valence-electron chi connectivity index (χ4n) is 0.569. The van der Waals surface area contributed by atoms with Crippen LogP contribution in [-0.2, 0) is 0 Å². The fourth-order valence-corrected chi connectivity index (χ4v) is 0.940. The summed E-state index contributed by atoms with van der Waals surface area (Å²) in [5.41, 5.74) is 0.336. The van der Waals surface area contributed by atoms with E-state index in [-0.39, 0.29) is 5.02 Å². The predicted octanol–water partition coefficient (Wildman–Crippen LogP) is 3.31. The van der Waals surface area contributed by atoms with Crippen molar-refractivity contribution < 1.29 is 4.39 Å². The molecule has 1 aromatic carbocycles. The SMILES string of the molecule is [CH2]c1c(Cl)ccc(F)c1Cl. The van der Waals surface area contributed by atoms with E-state index in [0.29, 0.717) is 10.6 Å². The van der Waals surface area contributed by atoms with E-state index < -0.39 is 5.82 Å². The smallest absolute Gasteiger partial charge is 0.142 e. The second kappa shape index (κ2) is 2.77. The van der Waals surface area contributed by atoms with Crippen molar-refractivity contribution in [3.05, 3.63) is 40.5 Å². The summed E-state index contributed by atoms with van der Waals surface area (Å²) in [4.78, 5) is 0. The van der Waals surface area contributed by atoms with Crippen molar-refractivity contribution in [3.63, 3.8) is 0 Å².